The smallest absolute Gasteiger partial charge is 0.171 e. The molecule has 0 fully saturated rings. The van der Waals surface area contributed by atoms with E-state index in [-0.39, 0.29) is 18.0 Å². The molecule has 0 unspecified atom stereocenters. The number of halogens is 1. The molecule has 0 aliphatic carbocycles. The number of nitrogens with zero attached hydrogens (tertiary/aromatic N) is 3. The molecule has 0 bridgehead atoms. The number of carbonyl (C=O) groups excluding carboxylic acids is 1. The lowest BCUT2D eigenvalue weighted by molar-refractivity contribution is 0.111. The molecule has 88 valence electrons. The van der Waals surface area contributed by atoms with Crippen LogP contribution in [-0.4, -0.2) is 28.4 Å². The molecule has 6 heteroatoms. The van der Waals surface area contributed by atoms with E-state index in [1.807, 2.05) is 0 Å². The number of aldehydes is 1. The highest BCUT2D eigenvalue weighted by Crippen LogP contribution is 2.20. The monoisotopic (exact) mass is 235 g/mol. The van der Waals surface area contributed by atoms with Gasteiger partial charge in [0, 0.05) is 5.56 Å². The van der Waals surface area contributed by atoms with Gasteiger partial charge in [0.15, 0.2) is 17.9 Å². The topological polar surface area (TPSA) is 57.0 Å². The van der Waals surface area contributed by atoms with Gasteiger partial charge >= 0.3 is 0 Å². The zero-order valence-corrected chi connectivity index (χ0v) is 9.13. The van der Waals surface area contributed by atoms with Crippen molar-refractivity contribution in [3.8, 4) is 5.75 Å². The summed E-state index contributed by atoms with van der Waals surface area (Å²) in [5.41, 5.74) is 0.639. The fourth-order valence-corrected chi connectivity index (χ4v) is 1.46. The molecular weight excluding hydrogens is 225 g/mol. The minimum Gasteiger partial charge on any atom is -0.494 e. The molecular formula is C11H10FN3O2. The molecule has 0 amide bonds. The molecule has 0 saturated carbocycles. The molecule has 1 aromatic carbocycles. The second-order valence-electron chi connectivity index (χ2n) is 3.39. The van der Waals surface area contributed by atoms with Gasteiger partial charge < -0.3 is 4.74 Å². The Balaban J connectivity index is 2.26. The third kappa shape index (κ3) is 2.30. The zero-order valence-electron chi connectivity index (χ0n) is 9.13. The molecule has 2 rings (SSSR count). The summed E-state index contributed by atoms with van der Waals surface area (Å²) in [6.07, 6.45) is 2.04. The average Bonchev–Trinajstić information content (AvgIpc) is 2.79. The molecule has 0 atom stereocenters. The van der Waals surface area contributed by atoms with E-state index >= 15 is 0 Å². The van der Waals surface area contributed by atoms with Gasteiger partial charge in [0.1, 0.15) is 5.69 Å². The number of ether oxygens (including phenoxy) is 1. The van der Waals surface area contributed by atoms with Crippen molar-refractivity contribution in [2.45, 2.75) is 6.54 Å². The number of rotatable bonds is 4. The van der Waals surface area contributed by atoms with Crippen LogP contribution in [0.1, 0.15) is 16.1 Å². The molecule has 2 aromatic rings. The van der Waals surface area contributed by atoms with Crippen molar-refractivity contribution in [2.75, 3.05) is 7.11 Å². The Hall–Kier alpha value is -2.24. The van der Waals surface area contributed by atoms with Gasteiger partial charge in [-0.1, -0.05) is 17.3 Å². The van der Waals surface area contributed by atoms with Crippen LogP contribution in [0, 0.1) is 5.82 Å². The first-order chi connectivity index (χ1) is 8.24. The molecule has 0 aliphatic rings. The fraction of sp³-hybridized carbons (Fsp3) is 0.182. The van der Waals surface area contributed by atoms with Crippen LogP contribution in [0.4, 0.5) is 4.39 Å². The number of aromatic nitrogens is 3. The van der Waals surface area contributed by atoms with Crippen LogP contribution in [0.5, 0.6) is 5.75 Å². The molecule has 5 nitrogen and oxygen atoms in total. The Morgan fingerprint density at radius 1 is 1.53 bits per heavy atom. The van der Waals surface area contributed by atoms with E-state index in [0.717, 1.165) is 0 Å². The average molecular weight is 235 g/mol. The summed E-state index contributed by atoms with van der Waals surface area (Å²) >= 11 is 0. The molecule has 0 aliphatic heterocycles. The largest absolute Gasteiger partial charge is 0.494 e. The fourth-order valence-electron chi connectivity index (χ4n) is 1.46. The lowest BCUT2D eigenvalue weighted by atomic mass is 10.2. The van der Waals surface area contributed by atoms with Crippen LogP contribution < -0.4 is 4.74 Å². The van der Waals surface area contributed by atoms with E-state index in [4.69, 9.17) is 4.74 Å². The first kappa shape index (κ1) is 11.3. The van der Waals surface area contributed by atoms with Crippen molar-refractivity contribution < 1.29 is 13.9 Å². The first-order valence-corrected chi connectivity index (χ1v) is 4.91. The molecule has 1 aromatic heterocycles. The summed E-state index contributed by atoms with van der Waals surface area (Å²) in [5, 5.41) is 7.30. The summed E-state index contributed by atoms with van der Waals surface area (Å²) in [5.74, 6) is -0.253. The van der Waals surface area contributed by atoms with Gasteiger partial charge in [0.05, 0.1) is 19.9 Å². The Morgan fingerprint density at radius 2 is 2.35 bits per heavy atom. The van der Waals surface area contributed by atoms with E-state index in [9.17, 15) is 9.18 Å². The third-order valence-electron chi connectivity index (χ3n) is 2.27. The number of benzene rings is 1. The van der Waals surface area contributed by atoms with Gasteiger partial charge in [-0.2, -0.15) is 0 Å². The van der Waals surface area contributed by atoms with E-state index < -0.39 is 5.82 Å². The second-order valence-corrected chi connectivity index (χ2v) is 3.39. The van der Waals surface area contributed by atoms with Crippen molar-refractivity contribution in [1.29, 1.82) is 0 Å². The molecule has 1 heterocycles. The van der Waals surface area contributed by atoms with Gasteiger partial charge in [0.25, 0.3) is 0 Å². The molecule has 0 spiro atoms. The molecule has 0 saturated heterocycles. The summed E-state index contributed by atoms with van der Waals surface area (Å²) in [4.78, 5) is 10.4. The van der Waals surface area contributed by atoms with E-state index in [0.29, 0.717) is 11.8 Å². The summed E-state index contributed by atoms with van der Waals surface area (Å²) in [6, 6.07) is 4.85. The lowest BCUT2D eigenvalue weighted by Crippen LogP contribution is -2.03. The van der Waals surface area contributed by atoms with Crippen molar-refractivity contribution in [2.24, 2.45) is 0 Å². The standard InChI is InChI=1S/C11H10FN3O2/c1-17-10-4-2-3-8(11(10)12)5-15-6-9(7-16)13-14-15/h2-4,6-7H,5H2,1H3. The Bertz CT molecular complexity index is 539. The Morgan fingerprint density at radius 3 is 3.00 bits per heavy atom. The summed E-state index contributed by atoms with van der Waals surface area (Å²) in [7, 11) is 1.40. The van der Waals surface area contributed by atoms with Crippen molar-refractivity contribution >= 4 is 6.29 Å². The molecule has 0 radical (unpaired) electrons. The Kier molecular flexibility index (Phi) is 3.13. The van der Waals surface area contributed by atoms with E-state index in [1.165, 1.54) is 24.1 Å². The minimum atomic E-state index is -0.432. The highest BCUT2D eigenvalue weighted by Gasteiger charge is 2.09. The number of hydrogen-bond donors (Lipinski definition) is 0. The quantitative estimate of drug-likeness (QED) is 0.749. The van der Waals surface area contributed by atoms with E-state index in [1.54, 1.807) is 12.1 Å². The van der Waals surface area contributed by atoms with Crippen molar-refractivity contribution in [3.05, 3.63) is 41.5 Å². The van der Waals surface area contributed by atoms with Gasteiger partial charge in [-0.25, -0.2) is 9.07 Å². The van der Waals surface area contributed by atoms with Crippen LogP contribution >= 0.6 is 0 Å². The SMILES string of the molecule is COc1cccc(Cn2cc(C=O)nn2)c1F. The molecule has 0 N–H and O–H groups in total. The zero-order chi connectivity index (χ0) is 12.3. The number of carbonyl (C=O) groups is 1. The maximum absolute atomic E-state index is 13.8. The van der Waals surface area contributed by atoms with E-state index in [2.05, 4.69) is 10.3 Å². The second kappa shape index (κ2) is 4.73. The normalized spacial score (nSPS) is 10.2. The highest BCUT2D eigenvalue weighted by atomic mass is 19.1. The molecule has 17 heavy (non-hydrogen) atoms. The van der Waals surface area contributed by atoms with Crippen LogP contribution in [-0.2, 0) is 6.54 Å². The van der Waals surface area contributed by atoms with Gasteiger partial charge in [-0.15, -0.1) is 5.10 Å². The highest BCUT2D eigenvalue weighted by molar-refractivity contribution is 5.70. The maximum atomic E-state index is 13.8. The number of hydrogen-bond acceptors (Lipinski definition) is 4. The summed E-state index contributed by atoms with van der Waals surface area (Å²) in [6.45, 7) is 0.198. The predicted octanol–water partition coefficient (Wildman–Crippen LogP) is 1.29. The summed E-state index contributed by atoms with van der Waals surface area (Å²) < 4.78 is 20.1. The first-order valence-electron chi connectivity index (χ1n) is 4.91. The van der Waals surface area contributed by atoms with Crippen LogP contribution in [0.25, 0.3) is 0 Å². The maximum Gasteiger partial charge on any atom is 0.171 e. The minimum absolute atomic E-state index is 0.179. The predicted molar refractivity (Wildman–Crippen MR) is 57.5 cm³/mol. The third-order valence-corrected chi connectivity index (χ3v) is 2.27. The van der Waals surface area contributed by atoms with Crippen LogP contribution in [0.15, 0.2) is 24.4 Å². The lowest BCUT2D eigenvalue weighted by Gasteiger charge is -2.06. The number of methoxy groups -OCH3 is 1. The van der Waals surface area contributed by atoms with Crippen molar-refractivity contribution in [1.82, 2.24) is 15.0 Å². The Labute approximate surface area is 96.8 Å². The van der Waals surface area contributed by atoms with Gasteiger partial charge in [-0.3, -0.25) is 4.79 Å². The van der Waals surface area contributed by atoms with Crippen LogP contribution in [0.2, 0.25) is 0 Å². The van der Waals surface area contributed by atoms with Gasteiger partial charge in [0.2, 0.25) is 0 Å². The van der Waals surface area contributed by atoms with Gasteiger partial charge in [-0.05, 0) is 6.07 Å². The van der Waals surface area contributed by atoms with Crippen molar-refractivity contribution in [3.63, 3.8) is 0 Å². The van der Waals surface area contributed by atoms with Crippen LogP contribution in [0.3, 0.4) is 0 Å².